The number of likely N-dealkylation sites (N-methyl/N-ethyl adjacent to an activating group) is 1. The minimum atomic E-state index is 0.0177. The minimum absolute atomic E-state index is 0.0177. The standard InChI is InChI=1S/C14H25N3O2/c1-5-15-10(4)9(3)14-16-13(17-19-14)12(18-6-2)11-7-8-11/h9-12,15H,5-8H2,1-4H3. The predicted octanol–water partition coefficient (Wildman–Crippen LogP) is 2.66. The molecule has 0 bridgehead atoms. The first-order valence-electron chi connectivity index (χ1n) is 7.35. The van der Waals surface area contributed by atoms with Crippen LogP contribution in [-0.2, 0) is 4.74 Å². The summed E-state index contributed by atoms with van der Waals surface area (Å²) < 4.78 is 11.2. The molecule has 1 fully saturated rings. The number of hydrogen-bond acceptors (Lipinski definition) is 5. The number of ether oxygens (including phenoxy) is 1. The van der Waals surface area contributed by atoms with Gasteiger partial charge in [0.15, 0.2) is 0 Å². The predicted molar refractivity (Wildman–Crippen MR) is 72.9 cm³/mol. The van der Waals surface area contributed by atoms with Gasteiger partial charge in [0, 0.05) is 12.6 Å². The van der Waals surface area contributed by atoms with Gasteiger partial charge in [0.05, 0.1) is 5.92 Å². The second-order valence-electron chi connectivity index (χ2n) is 5.34. The maximum atomic E-state index is 5.75. The molecule has 1 saturated carbocycles. The van der Waals surface area contributed by atoms with Gasteiger partial charge in [-0.3, -0.25) is 0 Å². The molecule has 0 spiro atoms. The van der Waals surface area contributed by atoms with Gasteiger partial charge in [-0.25, -0.2) is 0 Å². The molecule has 0 saturated heterocycles. The van der Waals surface area contributed by atoms with Gasteiger partial charge in [-0.1, -0.05) is 19.0 Å². The molecule has 5 heteroatoms. The Morgan fingerprint density at radius 2 is 2.11 bits per heavy atom. The van der Waals surface area contributed by atoms with Crippen LogP contribution in [0.3, 0.4) is 0 Å². The lowest BCUT2D eigenvalue weighted by Crippen LogP contribution is -2.30. The number of nitrogens with one attached hydrogen (secondary N) is 1. The first-order chi connectivity index (χ1) is 9.17. The molecule has 108 valence electrons. The largest absolute Gasteiger partial charge is 0.370 e. The van der Waals surface area contributed by atoms with Gasteiger partial charge in [0.25, 0.3) is 0 Å². The fourth-order valence-corrected chi connectivity index (χ4v) is 2.26. The van der Waals surface area contributed by atoms with E-state index in [9.17, 15) is 0 Å². The highest BCUT2D eigenvalue weighted by Gasteiger charge is 2.36. The van der Waals surface area contributed by atoms with Crippen molar-refractivity contribution in [1.82, 2.24) is 15.5 Å². The van der Waals surface area contributed by atoms with Crippen LogP contribution in [0.2, 0.25) is 0 Å². The van der Waals surface area contributed by atoms with Crippen molar-refractivity contribution in [1.29, 1.82) is 0 Å². The average molecular weight is 267 g/mol. The summed E-state index contributed by atoms with van der Waals surface area (Å²) in [5.41, 5.74) is 0. The van der Waals surface area contributed by atoms with Gasteiger partial charge in [-0.2, -0.15) is 4.98 Å². The third-order valence-corrected chi connectivity index (χ3v) is 3.77. The van der Waals surface area contributed by atoms with Gasteiger partial charge in [0.2, 0.25) is 11.7 Å². The third kappa shape index (κ3) is 3.54. The van der Waals surface area contributed by atoms with E-state index in [1.807, 2.05) is 6.92 Å². The average Bonchev–Trinajstić information content (AvgIpc) is 3.12. The number of hydrogen-bond donors (Lipinski definition) is 1. The monoisotopic (exact) mass is 267 g/mol. The molecule has 0 amide bonds. The SMILES string of the molecule is CCNC(C)C(C)c1nc(C(OCC)C2CC2)no1. The maximum Gasteiger partial charge on any atom is 0.231 e. The van der Waals surface area contributed by atoms with Crippen molar-refractivity contribution in [3.8, 4) is 0 Å². The molecule has 0 aromatic carbocycles. The van der Waals surface area contributed by atoms with Crippen molar-refractivity contribution < 1.29 is 9.26 Å². The Balaban J connectivity index is 2.04. The van der Waals surface area contributed by atoms with Crippen LogP contribution in [0, 0.1) is 5.92 Å². The van der Waals surface area contributed by atoms with Crippen molar-refractivity contribution in [3.63, 3.8) is 0 Å². The molecular formula is C14H25N3O2. The Labute approximate surface area is 115 Å². The molecule has 3 unspecified atom stereocenters. The summed E-state index contributed by atoms with van der Waals surface area (Å²) in [4.78, 5) is 4.55. The van der Waals surface area contributed by atoms with Crippen LogP contribution < -0.4 is 5.32 Å². The van der Waals surface area contributed by atoms with Gasteiger partial charge in [-0.15, -0.1) is 0 Å². The van der Waals surface area contributed by atoms with Gasteiger partial charge in [-0.05, 0) is 39.2 Å². The molecule has 19 heavy (non-hydrogen) atoms. The van der Waals surface area contributed by atoms with E-state index < -0.39 is 0 Å². The van der Waals surface area contributed by atoms with Crippen molar-refractivity contribution in [2.24, 2.45) is 5.92 Å². The molecular weight excluding hydrogens is 242 g/mol. The Bertz CT molecular complexity index is 390. The van der Waals surface area contributed by atoms with E-state index in [0.717, 1.165) is 12.4 Å². The third-order valence-electron chi connectivity index (χ3n) is 3.77. The number of nitrogens with zero attached hydrogens (tertiary/aromatic N) is 2. The summed E-state index contributed by atoms with van der Waals surface area (Å²) in [5, 5.41) is 7.50. The van der Waals surface area contributed by atoms with Crippen molar-refractivity contribution in [2.45, 2.75) is 58.6 Å². The van der Waals surface area contributed by atoms with E-state index in [-0.39, 0.29) is 12.0 Å². The van der Waals surface area contributed by atoms with Crippen LogP contribution >= 0.6 is 0 Å². The zero-order valence-corrected chi connectivity index (χ0v) is 12.3. The van der Waals surface area contributed by atoms with Crippen LogP contribution in [0.4, 0.5) is 0 Å². The topological polar surface area (TPSA) is 60.2 Å². The van der Waals surface area contributed by atoms with Crippen LogP contribution in [0.15, 0.2) is 4.52 Å². The molecule has 0 aliphatic heterocycles. The fourth-order valence-electron chi connectivity index (χ4n) is 2.26. The smallest absolute Gasteiger partial charge is 0.231 e. The van der Waals surface area contributed by atoms with Gasteiger partial charge in [0.1, 0.15) is 6.10 Å². The van der Waals surface area contributed by atoms with Gasteiger partial charge >= 0.3 is 0 Å². The highest BCUT2D eigenvalue weighted by atomic mass is 16.5. The van der Waals surface area contributed by atoms with E-state index >= 15 is 0 Å². The quantitative estimate of drug-likeness (QED) is 0.784. The minimum Gasteiger partial charge on any atom is -0.370 e. The highest BCUT2D eigenvalue weighted by Crippen LogP contribution is 2.42. The zero-order chi connectivity index (χ0) is 13.8. The summed E-state index contributed by atoms with van der Waals surface area (Å²) in [6.07, 6.45) is 2.43. The summed E-state index contributed by atoms with van der Waals surface area (Å²) in [6.45, 7) is 9.98. The molecule has 1 N–H and O–H groups in total. The zero-order valence-electron chi connectivity index (χ0n) is 12.3. The molecule has 2 rings (SSSR count). The van der Waals surface area contributed by atoms with E-state index in [0.29, 0.717) is 24.5 Å². The second-order valence-corrected chi connectivity index (χ2v) is 5.34. The van der Waals surface area contributed by atoms with Crippen LogP contribution in [0.25, 0.3) is 0 Å². The van der Waals surface area contributed by atoms with E-state index in [1.165, 1.54) is 12.8 Å². The second kappa shape index (κ2) is 6.48. The first kappa shape index (κ1) is 14.5. The highest BCUT2D eigenvalue weighted by molar-refractivity contribution is 5.02. The summed E-state index contributed by atoms with van der Waals surface area (Å²) in [6, 6.07) is 0.324. The molecule has 1 aromatic rings. The fraction of sp³-hybridized carbons (Fsp3) is 0.857. The Morgan fingerprint density at radius 1 is 1.37 bits per heavy atom. The summed E-state index contributed by atoms with van der Waals surface area (Å²) >= 11 is 0. The Hall–Kier alpha value is -0.940. The van der Waals surface area contributed by atoms with Crippen LogP contribution in [-0.4, -0.2) is 29.3 Å². The van der Waals surface area contributed by atoms with E-state index in [2.05, 4.69) is 36.2 Å². The molecule has 0 radical (unpaired) electrons. The number of aromatic nitrogens is 2. The summed E-state index contributed by atoms with van der Waals surface area (Å²) in [7, 11) is 0. The lowest BCUT2D eigenvalue weighted by atomic mass is 10.0. The first-order valence-corrected chi connectivity index (χ1v) is 7.35. The van der Waals surface area contributed by atoms with Crippen molar-refractivity contribution in [3.05, 3.63) is 11.7 Å². The molecule has 5 nitrogen and oxygen atoms in total. The Morgan fingerprint density at radius 3 is 2.68 bits per heavy atom. The van der Waals surface area contributed by atoms with Crippen LogP contribution in [0.1, 0.15) is 64.3 Å². The normalized spacial score (nSPS) is 20.2. The van der Waals surface area contributed by atoms with Crippen LogP contribution in [0.5, 0.6) is 0 Å². The lowest BCUT2D eigenvalue weighted by Gasteiger charge is -2.16. The van der Waals surface area contributed by atoms with E-state index in [1.54, 1.807) is 0 Å². The molecule has 3 atom stereocenters. The summed E-state index contributed by atoms with van der Waals surface area (Å²) in [5.74, 6) is 2.21. The van der Waals surface area contributed by atoms with E-state index in [4.69, 9.17) is 9.26 Å². The molecule has 1 aliphatic carbocycles. The molecule has 1 heterocycles. The molecule has 1 aliphatic rings. The van der Waals surface area contributed by atoms with Crippen molar-refractivity contribution in [2.75, 3.05) is 13.2 Å². The lowest BCUT2D eigenvalue weighted by molar-refractivity contribution is 0.0384. The maximum absolute atomic E-state index is 5.75. The molecule has 1 aromatic heterocycles. The van der Waals surface area contributed by atoms with Gasteiger partial charge < -0.3 is 14.6 Å². The Kier molecular flexibility index (Phi) is 4.93. The number of rotatable bonds is 8. The van der Waals surface area contributed by atoms with Crippen molar-refractivity contribution >= 4 is 0 Å².